The summed E-state index contributed by atoms with van der Waals surface area (Å²) in [5.41, 5.74) is -13.9. The Hall–Kier alpha value is -3.66. The molecule has 0 bridgehead atoms. The molecule has 2 heterocycles. The largest absolute Gasteiger partial charge is 0.534 e. The van der Waals surface area contributed by atoms with E-state index in [0.29, 0.717) is 11.1 Å². The van der Waals surface area contributed by atoms with E-state index < -0.39 is 52.6 Å². The molecule has 4 aromatic rings. The lowest BCUT2D eigenvalue weighted by Crippen LogP contribution is -2.34. The molecule has 13 nitrogen and oxygen atoms in total. The molecule has 274 valence electrons. The standard InChI is InChI=1S/C10H6F3NO4S2.C9H7NO2S.C2F6O5S2.CH4/c1-5(15)6-2-3-7(8-9(6)19-4-14-8)18-20(16,17)10(11,12)13;1-5(11)6-2-3-7(12)8-9(6)13-4-10-8;3-1(4,5)14(9,10)13-15(11,12)2(6,7)8;/h2-4H,1H3;2-4,12H,1H3;;1H4. The summed E-state index contributed by atoms with van der Waals surface area (Å²) >= 11 is 2.37. The molecule has 0 radical (unpaired) electrons. The maximum atomic E-state index is 12.3. The van der Waals surface area contributed by atoms with Crippen LogP contribution in [0.5, 0.6) is 11.5 Å². The smallest absolute Gasteiger partial charge is 0.506 e. The Morgan fingerprint density at radius 1 is 0.653 bits per heavy atom. The third kappa shape index (κ3) is 10.2. The minimum atomic E-state index is -6.85. The second-order valence-corrected chi connectivity index (χ2v) is 14.8. The van der Waals surface area contributed by atoms with Gasteiger partial charge in [-0.2, -0.15) is 64.8 Å². The van der Waals surface area contributed by atoms with Gasteiger partial charge in [-0.25, -0.2) is 9.97 Å². The highest BCUT2D eigenvalue weighted by Gasteiger charge is 2.57. The van der Waals surface area contributed by atoms with E-state index in [1.54, 1.807) is 11.6 Å². The quantitative estimate of drug-likeness (QED) is 0.0989. The summed E-state index contributed by atoms with van der Waals surface area (Å²) in [4.78, 5) is 30.2. The predicted molar refractivity (Wildman–Crippen MR) is 154 cm³/mol. The number of hydrogen-bond acceptors (Lipinski definition) is 15. The second-order valence-electron chi connectivity index (χ2n) is 8.27. The summed E-state index contributed by atoms with van der Waals surface area (Å²) in [6, 6.07) is 5.29. The van der Waals surface area contributed by atoms with Gasteiger partial charge >= 0.3 is 46.9 Å². The molecule has 0 aliphatic carbocycles. The number of hydrogen-bond donors (Lipinski definition) is 1. The maximum absolute atomic E-state index is 12.3. The van der Waals surface area contributed by atoms with Crippen LogP contribution in [0.15, 0.2) is 35.3 Å². The van der Waals surface area contributed by atoms with Crippen molar-refractivity contribution in [3.05, 3.63) is 46.4 Å². The van der Waals surface area contributed by atoms with Crippen molar-refractivity contribution in [2.24, 2.45) is 0 Å². The molecule has 0 spiro atoms. The summed E-state index contributed by atoms with van der Waals surface area (Å²) in [7, 11) is -19.5. The van der Waals surface area contributed by atoms with E-state index in [0.717, 1.165) is 22.1 Å². The highest BCUT2D eigenvalue weighted by molar-refractivity contribution is 8.00. The fourth-order valence-electron chi connectivity index (χ4n) is 2.85. The number of fused-ring (bicyclic) bond motifs is 2. The third-order valence-electron chi connectivity index (χ3n) is 4.90. The van der Waals surface area contributed by atoms with Crippen LogP contribution in [-0.2, 0) is 34.0 Å². The first-order chi connectivity index (χ1) is 21.5. The molecule has 0 amide bonds. The van der Waals surface area contributed by atoms with Crippen molar-refractivity contribution in [2.45, 2.75) is 37.8 Å². The van der Waals surface area contributed by atoms with E-state index in [-0.39, 0.29) is 40.5 Å². The molecular weight excluding hydrogens is 800 g/mol. The van der Waals surface area contributed by atoms with Crippen molar-refractivity contribution in [3.63, 3.8) is 0 Å². The van der Waals surface area contributed by atoms with Crippen molar-refractivity contribution in [1.82, 2.24) is 9.97 Å². The molecule has 27 heteroatoms. The average molecular weight is 817 g/mol. The summed E-state index contributed by atoms with van der Waals surface area (Å²) in [5.74, 6) is -0.761. The molecule has 0 aliphatic heterocycles. The summed E-state index contributed by atoms with van der Waals surface area (Å²) in [5, 5.41) is 9.40. The van der Waals surface area contributed by atoms with Crippen LogP contribution in [0.25, 0.3) is 20.4 Å². The number of aromatic nitrogens is 2. The second kappa shape index (κ2) is 15.1. The molecule has 2 aromatic carbocycles. The third-order valence-corrected chi connectivity index (χ3v) is 10.1. The number of phenolic OH excluding ortho intramolecular Hbond substituents is 1. The fraction of sp³-hybridized carbons (Fsp3) is 0.273. The first kappa shape index (κ1) is 43.4. The van der Waals surface area contributed by atoms with Crippen molar-refractivity contribution < 1.29 is 87.3 Å². The Morgan fingerprint density at radius 3 is 1.41 bits per heavy atom. The Kier molecular flexibility index (Phi) is 13.3. The number of phenols is 1. The number of carbonyl (C=O) groups is 2. The summed E-state index contributed by atoms with van der Waals surface area (Å²) < 4.78 is 174. The minimum Gasteiger partial charge on any atom is -0.506 e. The number of carbonyl (C=O) groups excluding carboxylic acids is 2. The Balaban J connectivity index is 0.000000374. The summed E-state index contributed by atoms with van der Waals surface area (Å²) in [6.45, 7) is 2.78. The number of aromatic hydroxyl groups is 1. The summed E-state index contributed by atoms with van der Waals surface area (Å²) in [6.07, 6.45) is 0. The zero-order valence-electron chi connectivity index (χ0n) is 22.8. The number of ketones is 2. The zero-order chi connectivity index (χ0) is 37.3. The molecule has 0 saturated carbocycles. The number of alkyl halides is 9. The molecule has 0 atom stereocenters. The van der Waals surface area contributed by atoms with E-state index in [1.165, 1.54) is 42.8 Å². The van der Waals surface area contributed by atoms with Crippen LogP contribution in [0, 0.1) is 0 Å². The van der Waals surface area contributed by atoms with Crippen molar-refractivity contribution >= 4 is 85.0 Å². The number of nitrogens with zero attached hydrogens (tertiary/aromatic N) is 2. The molecule has 0 aliphatic rings. The van der Waals surface area contributed by atoms with Gasteiger partial charge in [-0.05, 0) is 38.1 Å². The van der Waals surface area contributed by atoms with Gasteiger partial charge in [0.2, 0.25) is 0 Å². The average Bonchev–Trinajstić information content (AvgIpc) is 3.58. The molecule has 0 fully saturated rings. The van der Waals surface area contributed by atoms with Crippen LogP contribution in [-0.4, -0.2) is 68.4 Å². The van der Waals surface area contributed by atoms with Gasteiger partial charge in [-0.3, -0.25) is 9.59 Å². The van der Waals surface area contributed by atoms with Crippen molar-refractivity contribution in [3.8, 4) is 11.5 Å². The van der Waals surface area contributed by atoms with Crippen LogP contribution in [0.3, 0.4) is 0 Å². The molecule has 0 saturated heterocycles. The molecular formula is C22H17F9N2O11S5. The van der Waals surface area contributed by atoms with E-state index in [1.807, 2.05) is 3.63 Å². The zero-order valence-corrected chi connectivity index (χ0v) is 26.9. The number of thiazole rings is 2. The normalized spacial score (nSPS) is 12.6. The van der Waals surface area contributed by atoms with Crippen LogP contribution >= 0.6 is 22.7 Å². The topological polar surface area (TPSA) is 201 Å². The maximum Gasteiger partial charge on any atom is 0.534 e. The van der Waals surface area contributed by atoms with Gasteiger partial charge in [-0.1, -0.05) is 7.43 Å². The lowest BCUT2D eigenvalue weighted by molar-refractivity contribution is -0.0586. The van der Waals surface area contributed by atoms with Gasteiger partial charge in [0.05, 0.1) is 20.4 Å². The van der Waals surface area contributed by atoms with Crippen molar-refractivity contribution in [2.75, 3.05) is 0 Å². The van der Waals surface area contributed by atoms with Crippen LogP contribution < -0.4 is 4.18 Å². The molecule has 49 heavy (non-hydrogen) atoms. The molecule has 4 rings (SSSR count). The number of halogens is 9. The predicted octanol–water partition coefficient (Wildman–Crippen LogP) is 6.27. The van der Waals surface area contributed by atoms with Crippen molar-refractivity contribution in [1.29, 1.82) is 0 Å². The van der Waals surface area contributed by atoms with E-state index in [2.05, 4.69) is 14.2 Å². The highest BCUT2D eigenvalue weighted by atomic mass is 32.3. The molecule has 1 N–H and O–H groups in total. The van der Waals surface area contributed by atoms with Gasteiger partial charge in [0.25, 0.3) is 0 Å². The first-order valence-corrected chi connectivity index (χ1v) is 17.3. The Morgan fingerprint density at radius 2 is 1.02 bits per heavy atom. The highest BCUT2D eigenvalue weighted by Crippen LogP contribution is 2.35. The molecule has 2 aromatic heterocycles. The molecule has 0 unspecified atom stereocenters. The van der Waals surface area contributed by atoms with Crippen LogP contribution in [0.2, 0.25) is 0 Å². The van der Waals surface area contributed by atoms with Gasteiger partial charge < -0.3 is 9.29 Å². The van der Waals surface area contributed by atoms with Gasteiger partial charge in [0.15, 0.2) is 17.3 Å². The first-order valence-electron chi connectivity index (χ1n) is 11.3. The van der Waals surface area contributed by atoms with Crippen LogP contribution in [0.1, 0.15) is 42.0 Å². The number of Topliss-reactive ketones (excluding diaryl/α,β-unsaturated/α-hetero) is 2. The minimum absolute atomic E-state index is 0. The lowest BCUT2D eigenvalue weighted by Gasteiger charge is -2.10. The Bertz CT molecular complexity index is 2130. The lowest BCUT2D eigenvalue weighted by atomic mass is 10.1. The number of benzene rings is 2. The van der Waals surface area contributed by atoms with Gasteiger partial charge in [0, 0.05) is 11.1 Å². The monoisotopic (exact) mass is 816 g/mol. The van der Waals surface area contributed by atoms with E-state index in [9.17, 15) is 79.5 Å². The van der Waals surface area contributed by atoms with Crippen LogP contribution in [0.4, 0.5) is 39.5 Å². The Labute approximate surface area is 277 Å². The fourth-order valence-corrected chi connectivity index (χ4v) is 6.61. The number of rotatable bonds is 6. The SMILES string of the molecule is C.CC(=O)c1ccc(O)c2ncsc12.CC(=O)c1ccc(OS(=O)(=O)C(F)(F)F)c2ncsc12.O=S(=O)(OS(=O)(=O)C(F)(F)F)C(F)(F)F. The van der Waals surface area contributed by atoms with E-state index >= 15 is 0 Å². The van der Waals surface area contributed by atoms with Gasteiger partial charge in [-0.15, -0.1) is 26.3 Å². The van der Waals surface area contributed by atoms with Gasteiger partial charge in [0.1, 0.15) is 16.8 Å². The van der Waals surface area contributed by atoms with E-state index in [4.69, 9.17) is 0 Å².